The molecule has 2 fully saturated rings. The van der Waals surface area contributed by atoms with Crippen LogP contribution in [-0.2, 0) is 4.74 Å². The van der Waals surface area contributed by atoms with Crippen LogP contribution in [0.1, 0.15) is 32.1 Å². The lowest BCUT2D eigenvalue weighted by molar-refractivity contribution is -0.0712. The van der Waals surface area contributed by atoms with E-state index in [-0.39, 0.29) is 24.8 Å². The third-order valence-corrected chi connectivity index (χ3v) is 4.54. The highest BCUT2D eigenvalue weighted by molar-refractivity contribution is 5.85. The number of nitrogens with zero attached hydrogens (tertiary/aromatic N) is 2. The first-order chi connectivity index (χ1) is 9.63. The first-order valence-corrected chi connectivity index (χ1v) is 7.84. The van der Waals surface area contributed by atoms with E-state index in [1.807, 2.05) is 0 Å². The fraction of sp³-hybridized carbons (Fsp3) is 0.875. The van der Waals surface area contributed by atoms with Gasteiger partial charge in [0.05, 0.1) is 12.7 Å². The van der Waals surface area contributed by atoms with Crippen molar-refractivity contribution in [3.05, 3.63) is 0 Å². The molecule has 1 aliphatic heterocycles. The minimum absolute atomic E-state index is 0. The molecule has 130 valence electrons. The number of piperazine rings is 1. The zero-order valence-electron chi connectivity index (χ0n) is 13.5. The molecule has 4 nitrogen and oxygen atoms in total. The first kappa shape index (κ1) is 22.0. The number of aliphatic hydroxyl groups excluding tert-OH is 1. The average molecular weight is 353 g/mol. The van der Waals surface area contributed by atoms with E-state index in [1.165, 1.54) is 6.42 Å². The van der Waals surface area contributed by atoms with E-state index in [2.05, 4.69) is 22.8 Å². The normalized spacial score (nSPS) is 23.7. The number of terminal acetylenes is 1. The van der Waals surface area contributed by atoms with Crippen LogP contribution in [0.3, 0.4) is 0 Å². The monoisotopic (exact) mass is 352 g/mol. The summed E-state index contributed by atoms with van der Waals surface area (Å²) in [6.45, 7) is 5.23. The van der Waals surface area contributed by atoms with Crippen LogP contribution in [-0.4, -0.2) is 73.0 Å². The second-order valence-electron chi connectivity index (χ2n) is 6.27. The Balaban J connectivity index is 0.00000220. The van der Waals surface area contributed by atoms with Crippen molar-refractivity contribution in [3.8, 4) is 12.3 Å². The molecule has 22 heavy (non-hydrogen) atoms. The van der Waals surface area contributed by atoms with Crippen molar-refractivity contribution < 1.29 is 9.84 Å². The number of ether oxygens (including phenoxy) is 1. The van der Waals surface area contributed by atoms with Gasteiger partial charge < -0.3 is 14.7 Å². The lowest BCUT2D eigenvalue weighted by atomic mass is 9.85. The summed E-state index contributed by atoms with van der Waals surface area (Å²) in [4.78, 5) is 4.62. The molecular weight excluding hydrogens is 323 g/mol. The molecule has 0 spiro atoms. The van der Waals surface area contributed by atoms with Gasteiger partial charge in [-0.05, 0) is 32.7 Å². The number of aliphatic hydroxyl groups is 1. The number of rotatable bonds is 5. The predicted octanol–water partition coefficient (Wildman–Crippen LogP) is 1.79. The standard InChI is InChI=1S/C16H28N2O2.2ClH/c1-3-16(7-5-4-6-8-16)20-14-15(19)13-18-11-9-17(2)10-12-18;;/h1,15,19H,4-14H2,2H3;2*1H. The zero-order chi connectivity index (χ0) is 14.4. The fourth-order valence-electron chi connectivity index (χ4n) is 3.09. The Hall–Kier alpha value is -0.0200. The average Bonchev–Trinajstić information content (AvgIpc) is 2.49. The highest BCUT2D eigenvalue weighted by atomic mass is 35.5. The van der Waals surface area contributed by atoms with E-state index in [4.69, 9.17) is 11.2 Å². The molecule has 1 saturated carbocycles. The molecule has 1 heterocycles. The molecule has 0 aromatic carbocycles. The summed E-state index contributed by atoms with van der Waals surface area (Å²) in [7, 11) is 2.14. The van der Waals surface area contributed by atoms with Crippen LogP contribution >= 0.6 is 24.8 Å². The molecular formula is C16H30Cl2N2O2. The lowest BCUT2D eigenvalue weighted by Crippen LogP contribution is -2.48. The van der Waals surface area contributed by atoms with Crippen LogP contribution in [0.2, 0.25) is 0 Å². The number of likely N-dealkylation sites (N-methyl/N-ethyl adjacent to an activating group) is 1. The Morgan fingerprint density at radius 1 is 1.14 bits per heavy atom. The van der Waals surface area contributed by atoms with E-state index in [0.717, 1.165) is 51.9 Å². The van der Waals surface area contributed by atoms with Crippen molar-refractivity contribution in [3.63, 3.8) is 0 Å². The Labute approximate surface area is 147 Å². The van der Waals surface area contributed by atoms with Crippen LogP contribution in [0.15, 0.2) is 0 Å². The molecule has 0 radical (unpaired) electrons. The maximum Gasteiger partial charge on any atom is 0.128 e. The summed E-state index contributed by atoms with van der Waals surface area (Å²) in [6.07, 6.45) is 10.6. The van der Waals surface area contributed by atoms with Gasteiger partial charge in [-0.25, -0.2) is 0 Å². The number of β-amino-alcohol motifs (C(OH)–C–C–N with tert-alkyl or cyclic N) is 1. The minimum atomic E-state index is -0.439. The van der Waals surface area contributed by atoms with Gasteiger partial charge in [-0.1, -0.05) is 12.3 Å². The Kier molecular flexibility index (Phi) is 10.7. The van der Waals surface area contributed by atoms with Crippen LogP contribution in [0, 0.1) is 12.3 Å². The molecule has 0 aromatic heterocycles. The zero-order valence-corrected chi connectivity index (χ0v) is 15.1. The van der Waals surface area contributed by atoms with Crippen LogP contribution in [0.5, 0.6) is 0 Å². The van der Waals surface area contributed by atoms with Gasteiger partial charge in [0.25, 0.3) is 0 Å². The van der Waals surface area contributed by atoms with Gasteiger partial charge in [0.2, 0.25) is 0 Å². The Bertz CT molecular complexity index is 336. The predicted molar refractivity (Wildman–Crippen MR) is 95.0 cm³/mol. The number of halogens is 2. The molecule has 1 atom stereocenters. The van der Waals surface area contributed by atoms with E-state index in [0.29, 0.717) is 13.2 Å². The van der Waals surface area contributed by atoms with Gasteiger partial charge >= 0.3 is 0 Å². The molecule has 1 saturated heterocycles. The topological polar surface area (TPSA) is 35.9 Å². The molecule has 0 amide bonds. The Morgan fingerprint density at radius 3 is 2.27 bits per heavy atom. The van der Waals surface area contributed by atoms with Gasteiger partial charge in [0.1, 0.15) is 5.60 Å². The molecule has 1 unspecified atom stereocenters. The summed E-state index contributed by atoms with van der Waals surface area (Å²) in [5.74, 6) is 2.83. The maximum absolute atomic E-state index is 10.2. The van der Waals surface area contributed by atoms with E-state index in [1.54, 1.807) is 0 Å². The summed E-state index contributed by atoms with van der Waals surface area (Å²) in [5, 5.41) is 10.2. The number of hydrogen-bond acceptors (Lipinski definition) is 4. The van der Waals surface area contributed by atoms with Gasteiger partial charge in [0, 0.05) is 32.7 Å². The van der Waals surface area contributed by atoms with Crippen molar-refractivity contribution in [1.82, 2.24) is 9.80 Å². The molecule has 1 N–H and O–H groups in total. The van der Waals surface area contributed by atoms with E-state index < -0.39 is 11.7 Å². The van der Waals surface area contributed by atoms with Crippen molar-refractivity contribution in [2.24, 2.45) is 0 Å². The minimum Gasteiger partial charge on any atom is -0.389 e. The third kappa shape index (κ3) is 6.62. The van der Waals surface area contributed by atoms with Crippen molar-refractivity contribution >= 4 is 24.8 Å². The summed E-state index contributed by atoms with van der Waals surface area (Å²) >= 11 is 0. The molecule has 2 aliphatic rings. The molecule has 2 rings (SSSR count). The van der Waals surface area contributed by atoms with Gasteiger partial charge in [-0.3, -0.25) is 4.90 Å². The largest absolute Gasteiger partial charge is 0.389 e. The summed E-state index contributed by atoms with van der Waals surface area (Å²) in [5.41, 5.74) is -0.415. The van der Waals surface area contributed by atoms with Crippen LogP contribution in [0.4, 0.5) is 0 Å². The van der Waals surface area contributed by atoms with Crippen molar-refractivity contribution in [2.75, 3.05) is 46.4 Å². The lowest BCUT2D eigenvalue weighted by Gasteiger charge is -2.35. The second kappa shape index (κ2) is 10.7. The second-order valence-corrected chi connectivity index (χ2v) is 6.27. The fourth-order valence-corrected chi connectivity index (χ4v) is 3.09. The van der Waals surface area contributed by atoms with E-state index >= 15 is 0 Å². The van der Waals surface area contributed by atoms with Gasteiger partial charge in [0.15, 0.2) is 0 Å². The van der Waals surface area contributed by atoms with Crippen molar-refractivity contribution in [2.45, 2.75) is 43.8 Å². The summed E-state index contributed by atoms with van der Waals surface area (Å²) < 4.78 is 5.92. The van der Waals surface area contributed by atoms with E-state index in [9.17, 15) is 5.11 Å². The highest BCUT2D eigenvalue weighted by Crippen LogP contribution is 2.31. The molecule has 0 bridgehead atoms. The Morgan fingerprint density at radius 2 is 1.73 bits per heavy atom. The first-order valence-electron chi connectivity index (χ1n) is 7.84. The van der Waals surface area contributed by atoms with Crippen molar-refractivity contribution in [1.29, 1.82) is 0 Å². The van der Waals surface area contributed by atoms with Gasteiger partial charge in [-0.2, -0.15) is 0 Å². The highest BCUT2D eigenvalue weighted by Gasteiger charge is 2.31. The quantitative estimate of drug-likeness (QED) is 0.765. The molecule has 1 aliphatic carbocycles. The third-order valence-electron chi connectivity index (χ3n) is 4.54. The maximum atomic E-state index is 10.2. The van der Waals surface area contributed by atoms with Crippen LogP contribution < -0.4 is 0 Å². The smallest absolute Gasteiger partial charge is 0.128 e. The molecule has 6 heteroatoms. The molecule has 0 aromatic rings. The summed E-state index contributed by atoms with van der Waals surface area (Å²) in [6, 6.07) is 0. The van der Waals surface area contributed by atoms with Gasteiger partial charge in [-0.15, -0.1) is 31.2 Å². The van der Waals surface area contributed by atoms with Crippen LogP contribution in [0.25, 0.3) is 0 Å². The number of hydrogen-bond donors (Lipinski definition) is 1. The SMILES string of the molecule is C#CC1(OCC(O)CN2CCN(C)CC2)CCCCC1.Cl.Cl.